The highest BCUT2D eigenvalue weighted by Crippen LogP contribution is 2.32. The average Bonchev–Trinajstić information content (AvgIpc) is 2.63. The zero-order valence-corrected chi connectivity index (χ0v) is 11.4. The molecule has 0 radical (unpaired) electrons. The maximum Gasteiger partial charge on any atom is 0.161 e. The number of hydrogen-bond acceptors (Lipinski definition) is 3. The van der Waals surface area contributed by atoms with Crippen LogP contribution in [-0.4, -0.2) is 0 Å². The average molecular weight is 319 g/mol. The summed E-state index contributed by atoms with van der Waals surface area (Å²) in [5.41, 5.74) is 6.33. The number of benzene rings is 1. The monoisotopic (exact) mass is 317 g/mol. The molecule has 0 bridgehead atoms. The molecule has 1 aromatic heterocycles. The van der Waals surface area contributed by atoms with Gasteiger partial charge in [0.2, 0.25) is 0 Å². The van der Waals surface area contributed by atoms with Crippen LogP contribution in [0.5, 0.6) is 5.75 Å². The van der Waals surface area contributed by atoms with Gasteiger partial charge in [0, 0.05) is 4.88 Å². The van der Waals surface area contributed by atoms with Gasteiger partial charge in [0.25, 0.3) is 0 Å². The predicted octanol–water partition coefficient (Wildman–Crippen LogP) is 4.33. The number of anilines is 1. The molecule has 0 saturated carbocycles. The largest absolute Gasteiger partial charge is 0.484 e. The number of hydrogen-bond donors (Lipinski definition) is 1. The zero-order valence-electron chi connectivity index (χ0n) is 8.24. The van der Waals surface area contributed by atoms with Crippen LogP contribution in [0.1, 0.15) is 4.88 Å². The van der Waals surface area contributed by atoms with E-state index in [4.69, 9.17) is 22.1 Å². The molecule has 0 unspecified atom stereocenters. The molecule has 1 heterocycles. The Morgan fingerprint density at radius 1 is 1.31 bits per heavy atom. The topological polar surface area (TPSA) is 35.2 Å². The standard InChI is InChI=1S/C11H9BrClNOS/c12-10-5-4-7(16-10)6-15-11-8(13)2-1-3-9(11)14/h1-5H,6,14H2. The fourth-order valence-corrected chi connectivity index (χ4v) is 2.88. The highest BCUT2D eigenvalue weighted by Gasteiger charge is 2.06. The third kappa shape index (κ3) is 2.70. The van der Waals surface area contributed by atoms with Crippen molar-refractivity contribution in [1.82, 2.24) is 0 Å². The van der Waals surface area contributed by atoms with E-state index in [9.17, 15) is 0 Å². The van der Waals surface area contributed by atoms with E-state index in [1.54, 1.807) is 29.5 Å². The minimum atomic E-state index is 0.476. The Labute approximate surface area is 111 Å². The maximum absolute atomic E-state index is 5.99. The van der Waals surface area contributed by atoms with Crippen LogP contribution in [0.15, 0.2) is 34.1 Å². The molecule has 84 valence electrons. The van der Waals surface area contributed by atoms with Gasteiger partial charge in [0.1, 0.15) is 6.61 Å². The van der Waals surface area contributed by atoms with Crippen molar-refractivity contribution < 1.29 is 4.74 Å². The number of thiophene rings is 1. The smallest absolute Gasteiger partial charge is 0.161 e. The Kier molecular flexibility index (Phi) is 3.74. The van der Waals surface area contributed by atoms with Gasteiger partial charge in [-0.1, -0.05) is 17.7 Å². The Hall–Kier alpha value is -0.710. The van der Waals surface area contributed by atoms with Crippen LogP contribution in [0.2, 0.25) is 5.02 Å². The fourth-order valence-electron chi connectivity index (χ4n) is 1.25. The first kappa shape index (κ1) is 11.8. The molecule has 0 atom stereocenters. The van der Waals surface area contributed by atoms with E-state index >= 15 is 0 Å². The molecule has 5 heteroatoms. The Morgan fingerprint density at radius 2 is 2.12 bits per heavy atom. The highest BCUT2D eigenvalue weighted by atomic mass is 79.9. The molecule has 0 aliphatic carbocycles. The van der Waals surface area contributed by atoms with Crippen LogP contribution in [0.25, 0.3) is 0 Å². The summed E-state index contributed by atoms with van der Waals surface area (Å²) in [7, 11) is 0. The molecular weight excluding hydrogens is 310 g/mol. The fraction of sp³-hybridized carbons (Fsp3) is 0.0909. The number of nitrogens with two attached hydrogens (primary N) is 1. The normalized spacial score (nSPS) is 10.4. The van der Waals surface area contributed by atoms with Crippen molar-refractivity contribution in [3.63, 3.8) is 0 Å². The van der Waals surface area contributed by atoms with Crippen molar-refractivity contribution >= 4 is 44.6 Å². The minimum Gasteiger partial charge on any atom is -0.484 e. The first-order valence-electron chi connectivity index (χ1n) is 4.58. The maximum atomic E-state index is 5.99. The van der Waals surface area contributed by atoms with Crippen LogP contribution >= 0.6 is 38.9 Å². The van der Waals surface area contributed by atoms with E-state index in [1.807, 2.05) is 12.1 Å². The Balaban J connectivity index is 2.10. The summed E-state index contributed by atoms with van der Waals surface area (Å²) < 4.78 is 6.68. The molecule has 0 spiro atoms. The third-order valence-corrected chi connectivity index (χ3v) is 3.88. The van der Waals surface area contributed by atoms with Crippen LogP contribution in [0, 0.1) is 0 Å². The summed E-state index contributed by atoms with van der Waals surface area (Å²) in [6, 6.07) is 9.32. The lowest BCUT2D eigenvalue weighted by Gasteiger charge is -2.09. The van der Waals surface area contributed by atoms with Crippen molar-refractivity contribution in [2.45, 2.75) is 6.61 Å². The van der Waals surface area contributed by atoms with Gasteiger partial charge in [-0.15, -0.1) is 11.3 Å². The number of para-hydroxylation sites is 1. The summed E-state index contributed by atoms with van der Waals surface area (Å²) in [4.78, 5) is 1.12. The lowest BCUT2D eigenvalue weighted by molar-refractivity contribution is 0.312. The van der Waals surface area contributed by atoms with E-state index < -0.39 is 0 Å². The molecule has 2 nitrogen and oxygen atoms in total. The zero-order chi connectivity index (χ0) is 11.5. The van der Waals surface area contributed by atoms with Gasteiger partial charge in [0.15, 0.2) is 5.75 Å². The lowest BCUT2D eigenvalue weighted by atomic mass is 10.3. The van der Waals surface area contributed by atoms with Crippen LogP contribution in [0.3, 0.4) is 0 Å². The van der Waals surface area contributed by atoms with E-state index in [2.05, 4.69) is 15.9 Å². The van der Waals surface area contributed by atoms with Crippen molar-refractivity contribution in [2.24, 2.45) is 0 Å². The van der Waals surface area contributed by atoms with Gasteiger partial charge in [-0.3, -0.25) is 0 Å². The van der Waals surface area contributed by atoms with E-state index in [0.717, 1.165) is 8.66 Å². The molecular formula is C11H9BrClNOS. The third-order valence-electron chi connectivity index (χ3n) is 1.99. The van der Waals surface area contributed by atoms with E-state index in [1.165, 1.54) is 0 Å². The predicted molar refractivity (Wildman–Crippen MR) is 72.2 cm³/mol. The second-order valence-corrected chi connectivity index (χ2v) is 6.11. The van der Waals surface area contributed by atoms with Gasteiger partial charge in [-0.05, 0) is 40.2 Å². The second-order valence-electron chi connectivity index (χ2n) is 3.15. The van der Waals surface area contributed by atoms with Crippen LogP contribution in [0.4, 0.5) is 5.69 Å². The molecule has 0 amide bonds. The second kappa shape index (κ2) is 5.08. The van der Waals surface area contributed by atoms with Crippen LogP contribution in [-0.2, 0) is 6.61 Å². The molecule has 2 aromatic rings. The van der Waals surface area contributed by atoms with E-state index in [0.29, 0.717) is 23.1 Å². The van der Waals surface area contributed by atoms with Gasteiger partial charge < -0.3 is 10.5 Å². The van der Waals surface area contributed by atoms with E-state index in [-0.39, 0.29) is 0 Å². The summed E-state index contributed by atoms with van der Waals surface area (Å²) in [6.45, 7) is 0.476. The molecule has 2 rings (SSSR count). The Morgan fingerprint density at radius 3 is 2.75 bits per heavy atom. The lowest BCUT2D eigenvalue weighted by Crippen LogP contribution is -1.97. The molecule has 16 heavy (non-hydrogen) atoms. The van der Waals surface area contributed by atoms with Crippen molar-refractivity contribution in [3.8, 4) is 5.75 Å². The summed E-state index contributed by atoms with van der Waals surface area (Å²) >= 11 is 11.0. The number of ether oxygens (including phenoxy) is 1. The summed E-state index contributed by atoms with van der Waals surface area (Å²) in [5.74, 6) is 0.550. The van der Waals surface area contributed by atoms with Crippen LogP contribution < -0.4 is 10.5 Å². The highest BCUT2D eigenvalue weighted by molar-refractivity contribution is 9.11. The number of rotatable bonds is 3. The molecule has 0 saturated heterocycles. The molecule has 0 aliphatic heterocycles. The van der Waals surface area contributed by atoms with Crippen molar-refractivity contribution in [2.75, 3.05) is 5.73 Å². The first-order valence-corrected chi connectivity index (χ1v) is 6.56. The number of halogens is 2. The van der Waals surface area contributed by atoms with Gasteiger partial charge in [0.05, 0.1) is 14.5 Å². The van der Waals surface area contributed by atoms with Gasteiger partial charge in [-0.25, -0.2) is 0 Å². The molecule has 0 fully saturated rings. The van der Waals surface area contributed by atoms with Gasteiger partial charge in [-0.2, -0.15) is 0 Å². The minimum absolute atomic E-state index is 0.476. The summed E-state index contributed by atoms with van der Waals surface area (Å²) in [5, 5.41) is 0.538. The SMILES string of the molecule is Nc1cccc(Cl)c1OCc1ccc(Br)s1. The molecule has 1 aromatic carbocycles. The van der Waals surface area contributed by atoms with Crippen molar-refractivity contribution in [3.05, 3.63) is 44.0 Å². The van der Waals surface area contributed by atoms with Gasteiger partial charge >= 0.3 is 0 Å². The number of nitrogen functional groups attached to an aromatic ring is 1. The summed E-state index contributed by atoms with van der Waals surface area (Å²) in [6.07, 6.45) is 0. The molecule has 0 aliphatic rings. The molecule has 2 N–H and O–H groups in total. The van der Waals surface area contributed by atoms with Crippen molar-refractivity contribution in [1.29, 1.82) is 0 Å². The Bertz CT molecular complexity index is 480. The quantitative estimate of drug-likeness (QED) is 0.855. The first-order chi connectivity index (χ1) is 7.66.